The van der Waals surface area contributed by atoms with Crippen molar-refractivity contribution < 1.29 is 43.7 Å². The number of likely N-dealkylation sites (N-methyl/N-ethyl adjacent to an activating group) is 1. The molecular weight excluding hydrogens is 708 g/mol. The molecule has 0 spiro atoms. The molecule has 6 rings (SSSR count). The Labute approximate surface area is 322 Å². The highest BCUT2D eigenvalue weighted by atomic mass is 16.7. The van der Waals surface area contributed by atoms with Crippen LogP contribution in [-0.4, -0.2) is 108 Å². The second-order valence-corrected chi connectivity index (χ2v) is 14.6. The first-order valence-corrected chi connectivity index (χ1v) is 19.5. The minimum absolute atomic E-state index is 0.0747. The molecule has 1 saturated heterocycles. The van der Waals surface area contributed by atoms with Crippen molar-refractivity contribution in [1.82, 2.24) is 9.80 Å². The smallest absolute Gasteiger partial charge is 0.415 e. The number of hydrogen-bond acceptors (Lipinski definition) is 12. The van der Waals surface area contributed by atoms with E-state index in [1.807, 2.05) is 19.1 Å². The molecule has 2 aliphatic heterocycles. The van der Waals surface area contributed by atoms with Crippen molar-refractivity contribution >= 4 is 17.5 Å². The predicted molar refractivity (Wildman–Crippen MR) is 205 cm³/mol. The van der Waals surface area contributed by atoms with Crippen LogP contribution < -0.4 is 14.2 Å². The number of fused-ring (bicyclic) bond motifs is 2. The Morgan fingerprint density at radius 1 is 1.11 bits per heavy atom. The lowest BCUT2D eigenvalue weighted by atomic mass is 9.55. The van der Waals surface area contributed by atoms with Crippen LogP contribution in [0.25, 0.3) is 0 Å². The second-order valence-electron chi connectivity index (χ2n) is 14.6. The number of allylic oxidation sites excluding steroid dienone is 1. The third-order valence-corrected chi connectivity index (χ3v) is 11.2. The van der Waals surface area contributed by atoms with E-state index in [0.717, 1.165) is 62.2 Å². The summed E-state index contributed by atoms with van der Waals surface area (Å²) in [6.45, 7) is 10.1. The van der Waals surface area contributed by atoms with Gasteiger partial charge in [0.25, 0.3) is 5.69 Å². The lowest BCUT2D eigenvalue weighted by Crippen LogP contribution is -2.69. The van der Waals surface area contributed by atoms with Gasteiger partial charge in [0.2, 0.25) is 5.79 Å². The van der Waals surface area contributed by atoms with Gasteiger partial charge >= 0.3 is 6.09 Å². The Morgan fingerprint density at radius 3 is 2.51 bits per heavy atom. The molecule has 1 amide bonds. The third kappa shape index (κ3) is 8.98. The maximum atomic E-state index is 14.1. The molecule has 0 radical (unpaired) electrons. The number of nitro benzene ring substituents is 1. The third-order valence-electron chi connectivity index (χ3n) is 11.2. The van der Waals surface area contributed by atoms with Crippen LogP contribution >= 0.6 is 0 Å². The van der Waals surface area contributed by atoms with Gasteiger partial charge in [0.1, 0.15) is 36.5 Å². The summed E-state index contributed by atoms with van der Waals surface area (Å²) >= 11 is 0. The number of aliphatic hydroxyl groups excluding tert-OH is 2. The summed E-state index contributed by atoms with van der Waals surface area (Å²) in [5, 5.41) is 35.5. The molecule has 2 heterocycles. The number of non-ortho nitro benzene ring substituents is 1. The van der Waals surface area contributed by atoms with E-state index in [1.54, 1.807) is 13.1 Å². The van der Waals surface area contributed by atoms with E-state index in [9.17, 15) is 25.1 Å². The first kappa shape index (κ1) is 40.2. The van der Waals surface area contributed by atoms with Crippen molar-refractivity contribution in [1.29, 1.82) is 0 Å². The van der Waals surface area contributed by atoms with Crippen molar-refractivity contribution in [3.63, 3.8) is 0 Å². The molecule has 298 valence electrons. The van der Waals surface area contributed by atoms with Crippen LogP contribution in [0.5, 0.6) is 17.2 Å². The summed E-state index contributed by atoms with van der Waals surface area (Å²) in [5.41, 5.74) is 2.46. The normalized spacial score (nSPS) is 25.9. The Hall–Kier alpha value is -4.50. The first-order chi connectivity index (χ1) is 26.7. The number of unbranched alkanes of at least 4 members (excludes halogenated alkanes) is 2. The number of nitro groups is 1. The largest absolute Gasteiger partial charge is 0.492 e. The van der Waals surface area contributed by atoms with Gasteiger partial charge in [-0.3, -0.25) is 15.0 Å². The fourth-order valence-corrected chi connectivity index (χ4v) is 8.48. The Balaban J connectivity index is 1.48. The van der Waals surface area contributed by atoms with E-state index in [4.69, 9.17) is 23.8 Å². The fraction of sp³-hybridized carbons (Fsp3) is 0.561. The Kier molecular flexibility index (Phi) is 13.5. The Morgan fingerprint density at radius 2 is 1.84 bits per heavy atom. The number of amides is 1. The van der Waals surface area contributed by atoms with Crippen molar-refractivity contribution in [3.05, 3.63) is 82.4 Å². The zero-order valence-electron chi connectivity index (χ0n) is 31.8. The molecule has 6 atom stereocenters. The average Bonchev–Trinajstić information content (AvgIpc) is 4.02. The number of ether oxygens (including phenoxy) is 4. The monoisotopic (exact) mass is 762 g/mol. The number of oxime groups is 1. The molecule has 2 aromatic rings. The number of carbonyl (C=O) groups excluding carboxylic acids is 1. The van der Waals surface area contributed by atoms with Crippen LogP contribution in [0.3, 0.4) is 0 Å². The summed E-state index contributed by atoms with van der Waals surface area (Å²) in [7, 11) is 1.63. The quantitative estimate of drug-likeness (QED) is 0.0529. The number of benzene rings is 2. The molecule has 14 heteroatoms. The maximum Gasteiger partial charge on any atom is 0.415 e. The minimum Gasteiger partial charge on any atom is -0.492 e. The zero-order chi connectivity index (χ0) is 39.0. The highest BCUT2D eigenvalue weighted by molar-refractivity contribution is 6.03. The molecule has 2 aliphatic carbocycles. The van der Waals surface area contributed by atoms with Crippen molar-refractivity contribution in [3.8, 4) is 17.2 Å². The van der Waals surface area contributed by atoms with Gasteiger partial charge in [-0.15, -0.1) is 6.58 Å². The molecule has 0 aromatic heterocycles. The van der Waals surface area contributed by atoms with E-state index in [1.165, 1.54) is 29.2 Å². The van der Waals surface area contributed by atoms with Crippen LogP contribution in [0.15, 0.2) is 71.9 Å². The topological polar surface area (TPSA) is 165 Å². The average molecular weight is 763 g/mol. The van der Waals surface area contributed by atoms with Gasteiger partial charge < -0.3 is 38.9 Å². The van der Waals surface area contributed by atoms with Crippen molar-refractivity contribution in [2.45, 2.75) is 69.6 Å². The summed E-state index contributed by atoms with van der Waals surface area (Å²) in [6.07, 6.45) is 8.08. The van der Waals surface area contributed by atoms with E-state index in [0.29, 0.717) is 37.5 Å². The van der Waals surface area contributed by atoms with Gasteiger partial charge in [0.15, 0.2) is 0 Å². The van der Waals surface area contributed by atoms with E-state index < -0.39 is 28.8 Å². The van der Waals surface area contributed by atoms with Gasteiger partial charge in [-0.05, 0) is 80.3 Å². The molecule has 0 bridgehead atoms. The van der Waals surface area contributed by atoms with Crippen LogP contribution in [0.1, 0.15) is 63.4 Å². The lowest BCUT2D eigenvalue weighted by Gasteiger charge is -2.59. The van der Waals surface area contributed by atoms with Gasteiger partial charge in [0, 0.05) is 69.9 Å². The van der Waals surface area contributed by atoms with Gasteiger partial charge in [-0.25, -0.2) is 4.79 Å². The zero-order valence-corrected chi connectivity index (χ0v) is 31.8. The molecule has 4 aliphatic rings. The number of nitrogens with zero attached hydrogens (tertiary/aromatic N) is 4. The Bertz CT molecular complexity index is 1710. The number of carbonyl (C=O) groups is 1. The standard InChI is InChI=1S/C41H54N4O10/c1-4-23-52-41-37(43(3)40(48)54-30-14-12-29(13-15-30)45(49)50)27-35(42-53-5-2)33-25-28(10-6-8-21-46)32(11-7-9-22-47)38(39(33)41)34-26-31(16-17-36(34)55-41)51-24-20-44-18-19-44/h4,12-17,25-26,28,32,37-39,46-47H,1,5-11,18-24,27H2,2-3H3/t28-,32+,37-,38+,39+,41+/m0/s1. The van der Waals surface area contributed by atoms with Gasteiger partial charge in [-0.2, -0.15) is 0 Å². The maximum absolute atomic E-state index is 14.1. The van der Waals surface area contributed by atoms with Crippen LogP contribution in [0, 0.1) is 27.9 Å². The highest BCUT2D eigenvalue weighted by Crippen LogP contribution is 2.61. The molecule has 2 aromatic carbocycles. The van der Waals surface area contributed by atoms with Crippen LogP contribution in [0.4, 0.5) is 10.5 Å². The summed E-state index contributed by atoms with van der Waals surface area (Å²) in [6, 6.07) is 10.5. The SMILES string of the molecule is C=CCO[C@@]12Oc3ccc(OCCN4CC4)cc3[C@H]3[C@H](CCCCO)[C@@H](CCCCO)C=C(C(=NOCC)C[C@@H]1N(C)C(=O)Oc1ccc([N+](=O)[O-])cc1)[C@H]32. The van der Waals surface area contributed by atoms with E-state index >= 15 is 0 Å². The van der Waals surface area contributed by atoms with Crippen LogP contribution in [0.2, 0.25) is 0 Å². The summed E-state index contributed by atoms with van der Waals surface area (Å²) < 4.78 is 26.1. The molecule has 1 saturated carbocycles. The van der Waals surface area contributed by atoms with Crippen LogP contribution in [-0.2, 0) is 9.57 Å². The minimum atomic E-state index is -1.43. The summed E-state index contributed by atoms with van der Waals surface area (Å²) in [5.74, 6) is -0.392. The number of rotatable bonds is 20. The fourth-order valence-electron chi connectivity index (χ4n) is 8.48. The number of hydrogen-bond donors (Lipinski definition) is 2. The summed E-state index contributed by atoms with van der Waals surface area (Å²) in [4.78, 5) is 34.3. The molecule has 2 N–H and O–H groups in total. The number of aliphatic hydroxyl groups is 2. The van der Waals surface area contributed by atoms with E-state index in [2.05, 4.69) is 28.8 Å². The first-order valence-electron chi connectivity index (χ1n) is 19.5. The van der Waals surface area contributed by atoms with Crippen molar-refractivity contribution in [2.24, 2.45) is 22.9 Å². The molecule has 0 unspecified atom stereocenters. The second kappa shape index (κ2) is 18.4. The molecule has 55 heavy (non-hydrogen) atoms. The molecule has 2 fully saturated rings. The van der Waals surface area contributed by atoms with Crippen molar-refractivity contribution in [2.75, 3.05) is 59.7 Å². The highest BCUT2D eigenvalue weighted by Gasteiger charge is 2.65. The molecular formula is C41H54N4O10. The molecule has 14 nitrogen and oxygen atoms in total. The predicted octanol–water partition coefficient (Wildman–Crippen LogP) is 6.07. The van der Waals surface area contributed by atoms with Gasteiger partial charge in [0.05, 0.1) is 23.2 Å². The van der Waals surface area contributed by atoms with E-state index in [-0.39, 0.29) is 55.4 Å². The lowest BCUT2D eigenvalue weighted by molar-refractivity contribution is -0.384. The van der Waals surface area contributed by atoms with Gasteiger partial charge in [-0.1, -0.05) is 30.1 Å².